The van der Waals surface area contributed by atoms with E-state index in [4.69, 9.17) is 9.98 Å². The Labute approximate surface area is 307 Å². The molecule has 1 aliphatic carbocycles. The van der Waals surface area contributed by atoms with E-state index in [-0.39, 0.29) is 6.04 Å². The standard InChI is InChI=1S/C48H31N3S/c49-30-31-25-27-32(28-26-31)35-19-11-23-41-45(35)52-46-38(44-29-43(33-13-3-1-4-14-33)50-47(51-44)34-15-5-2-6-16-34)20-12-24-42(46)48(41)39-21-9-7-17-36(39)37-18-8-10-22-40(37)48/h1-28,44H,29H2. The number of rotatable bonds is 4. The molecule has 0 fully saturated rings. The van der Waals surface area contributed by atoms with Crippen LogP contribution in [-0.2, 0) is 5.41 Å². The molecule has 1 unspecified atom stereocenters. The highest BCUT2D eigenvalue weighted by Crippen LogP contribution is 2.64. The van der Waals surface area contributed by atoms with E-state index in [0.29, 0.717) is 12.0 Å². The topological polar surface area (TPSA) is 48.5 Å². The molecule has 2 heterocycles. The van der Waals surface area contributed by atoms with Crippen LogP contribution in [0.15, 0.2) is 190 Å². The number of nitrogens with zero attached hydrogens (tertiary/aromatic N) is 3. The molecule has 7 aromatic rings. The average Bonchev–Trinajstić information content (AvgIpc) is 3.52. The van der Waals surface area contributed by atoms with Crippen LogP contribution in [0.5, 0.6) is 0 Å². The predicted octanol–water partition coefficient (Wildman–Crippen LogP) is 11.4. The molecule has 1 atom stereocenters. The van der Waals surface area contributed by atoms with E-state index in [1.165, 1.54) is 48.7 Å². The smallest absolute Gasteiger partial charge is 0.155 e. The molecule has 52 heavy (non-hydrogen) atoms. The third-order valence-corrected chi connectivity index (χ3v) is 12.1. The van der Waals surface area contributed by atoms with Crippen LogP contribution in [0, 0.1) is 11.3 Å². The lowest BCUT2D eigenvalue weighted by molar-refractivity contribution is 0.689. The largest absolute Gasteiger partial charge is 0.258 e. The first-order valence-corrected chi connectivity index (χ1v) is 18.5. The van der Waals surface area contributed by atoms with E-state index in [9.17, 15) is 5.26 Å². The number of nitriles is 1. The molecule has 0 aromatic heterocycles. The molecule has 3 nitrogen and oxygen atoms in total. The second kappa shape index (κ2) is 12.2. The van der Waals surface area contributed by atoms with E-state index >= 15 is 0 Å². The van der Waals surface area contributed by atoms with Gasteiger partial charge in [-0.3, -0.25) is 4.99 Å². The van der Waals surface area contributed by atoms with Gasteiger partial charge in [-0.1, -0.05) is 169 Å². The van der Waals surface area contributed by atoms with Crippen molar-refractivity contribution in [2.45, 2.75) is 27.7 Å². The van der Waals surface area contributed by atoms with Crippen LogP contribution < -0.4 is 0 Å². The quantitative estimate of drug-likeness (QED) is 0.186. The van der Waals surface area contributed by atoms with Gasteiger partial charge in [0.15, 0.2) is 5.84 Å². The molecule has 10 rings (SSSR count). The van der Waals surface area contributed by atoms with Crippen molar-refractivity contribution in [3.05, 3.63) is 214 Å². The van der Waals surface area contributed by atoms with Gasteiger partial charge in [0, 0.05) is 21.8 Å². The molecule has 244 valence electrons. The van der Waals surface area contributed by atoms with E-state index in [1.807, 2.05) is 30.0 Å². The Morgan fingerprint density at radius 1 is 0.519 bits per heavy atom. The van der Waals surface area contributed by atoms with E-state index < -0.39 is 5.41 Å². The zero-order valence-electron chi connectivity index (χ0n) is 28.2. The SMILES string of the molecule is N#Cc1ccc(-c2cccc3c2Sc2c(C4CC(c5ccccc5)=NC(c5ccccc5)=N4)cccc2C32c3ccccc3-c3ccccc32)cc1. The normalized spacial score (nSPS) is 16.1. The second-order valence-electron chi connectivity index (χ2n) is 13.5. The molecule has 3 aliphatic rings. The number of hydrogen-bond acceptors (Lipinski definition) is 4. The Morgan fingerprint density at radius 2 is 1.08 bits per heavy atom. The number of amidine groups is 1. The summed E-state index contributed by atoms with van der Waals surface area (Å²) in [5.74, 6) is 0.763. The van der Waals surface area contributed by atoms with Crippen molar-refractivity contribution in [2.75, 3.05) is 0 Å². The summed E-state index contributed by atoms with van der Waals surface area (Å²) in [5.41, 5.74) is 14.5. The van der Waals surface area contributed by atoms with E-state index in [1.54, 1.807) is 0 Å². The van der Waals surface area contributed by atoms with Crippen LogP contribution in [0.1, 0.15) is 57.0 Å². The zero-order chi connectivity index (χ0) is 34.6. The van der Waals surface area contributed by atoms with Crippen molar-refractivity contribution in [1.29, 1.82) is 5.26 Å². The molecule has 0 N–H and O–H groups in total. The maximum absolute atomic E-state index is 9.59. The van der Waals surface area contributed by atoms with Gasteiger partial charge < -0.3 is 0 Å². The summed E-state index contributed by atoms with van der Waals surface area (Å²) < 4.78 is 0. The minimum absolute atomic E-state index is 0.141. The number of benzene rings is 7. The van der Waals surface area contributed by atoms with Crippen molar-refractivity contribution in [3.63, 3.8) is 0 Å². The minimum atomic E-state index is -0.529. The van der Waals surface area contributed by atoms with Gasteiger partial charge in [-0.15, -0.1) is 0 Å². The minimum Gasteiger partial charge on any atom is -0.258 e. The summed E-state index contributed by atoms with van der Waals surface area (Å²) in [5, 5.41) is 9.59. The summed E-state index contributed by atoms with van der Waals surface area (Å²) >= 11 is 1.86. The summed E-state index contributed by atoms with van der Waals surface area (Å²) in [6.45, 7) is 0. The molecule has 2 aliphatic heterocycles. The van der Waals surface area contributed by atoms with Gasteiger partial charge in [0.05, 0.1) is 28.8 Å². The molecule has 0 radical (unpaired) electrons. The van der Waals surface area contributed by atoms with Gasteiger partial charge in [-0.05, 0) is 67.8 Å². The van der Waals surface area contributed by atoms with Crippen LogP contribution in [0.3, 0.4) is 0 Å². The molecule has 0 saturated heterocycles. The van der Waals surface area contributed by atoms with Crippen molar-refractivity contribution < 1.29 is 0 Å². The second-order valence-corrected chi connectivity index (χ2v) is 14.5. The lowest BCUT2D eigenvalue weighted by Crippen LogP contribution is -2.33. The van der Waals surface area contributed by atoms with Gasteiger partial charge >= 0.3 is 0 Å². The van der Waals surface area contributed by atoms with E-state index in [2.05, 4.69) is 158 Å². The highest BCUT2D eigenvalue weighted by Gasteiger charge is 2.51. The van der Waals surface area contributed by atoms with Gasteiger partial charge in [0.1, 0.15) is 0 Å². The molecule has 0 bridgehead atoms. The van der Waals surface area contributed by atoms with Crippen LogP contribution in [0.2, 0.25) is 0 Å². The highest BCUT2D eigenvalue weighted by atomic mass is 32.2. The molecule has 4 heteroatoms. The monoisotopic (exact) mass is 681 g/mol. The molecule has 0 saturated carbocycles. The van der Waals surface area contributed by atoms with Crippen molar-refractivity contribution in [3.8, 4) is 28.3 Å². The lowest BCUT2D eigenvalue weighted by Gasteiger charge is -2.41. The molecule has 1 spiro atoms. The van der Waals surface area contributed by atoms with Crippen LogP contribution >= 0.6 is 11.8 Å². The van der Waals surface area contributed by atoms with Crippen molar-refractivity contribution >= 4 is 23.3 Å². The Morgan fingerprint density at radius 3 is 1.75 bits per heavy atom. The molecular formula is C48H31N3S. The first kappa shape index (κ1) is 30.5. The number of aliphatic imine (C=N–C) groups is 2. The van der Waals surface area contributed by atoms with Crippen molar-refractivity contribution in [1.82, 2.24) is 0 Å². The summed E-state index contributed by atoms with van der Waals surface area (Å²) in [7, 11) is 0. The third kappa shape index (κ3) is 4.60. The number of hydrogen-bond donors (Lipinski definition) is 0. The zero-order valence-corrected chi connectivity index (χ0v) is 29.0. The Balaban J connectivity index is 1.25. The van der Waals surface area contributed by atoms with Crippen LogP contribution in [0.4, 0.5) is 0 Å². The first-order valence-electron chi connectivity index (χ1n) is 17.6. The number of fused-ring (bicyclic) bond motifs is 9. The fourth-order valence-corrected chi connectivity index (χ4v) is 9.96. The van der Waals surface area contributed by atoms with Crippen molar-refractivity contribution in [2.24, 2.45) is 9.98 Å². The maximum Gasteiger partial charge on any atom is 0.155 e. The fourth-order valence-electron chi connectivity index (χ4n) is 8.48. The van der Waals surface area contributed by atoms with Gasteiger partial charge in [-0.2, -0.15) is 5.26 Å². The van der Waals surface area contributed by atoms with Crippen LogP contribution in [0.25, 0.3) is 22.3 Å². The predicted molar refractivity (Wildman–Crippen MR) is 211 cm³/mol. The summed E-state index contributed by atoms with van der Waals surface area (Å²) in [6, 6.07) is 62.5. The molecule has 0 amide bonds. The lowest BCUT2D eigenvalue weighted by atomic mass is 9.66. The third-order valence-electron chi connectivity index (χ3n) is 10.8. The van der Waals surface area contributed by atoms with E-state index in [0.717, 1.165) is 33.8 Å². The maximum atomic E-state index is 9.59. The summed E-state index contributed by atoms with van der Waals surface area (Å²) in [6.07, 6.45) is 0.696. The molecule has 7 aromatic carbocycles. The van der Waals surface area contributed by atoms with Gasteiger partial charge in [0.25, 0.3) is 0 Å². The Kier molecular flexibility index (Phi) is 7.16. The van der Waals surface area contributed by atoms with Gasteiger partial charge in [0.2, 0.25) is 0 Å². The highest BCUT2D eigenvalue weighted by molar-refractivity contribution is 7.99. The van der Waals surface area contributed by atoms with Gasteiger partial charge in [-0.25, -0.2) is 4.99 Å². The summed E-state index contributed by atoms with van der Waals surface area (Å²) in [4.78, 5) is 13.1. The average molecular weight is 682 g/mol. The Hall–Kier alpha value is -6.28. The first-order chi connectivity index (χ1) is 25.7. The van der Waals surface area contributed by atoms with Crippen LogP contribution in [-0.4, -0.2) is 11.5 Å². The fraction of sp³-hybridized carbons (Fsp3) is 0.0625. The molecular weight excluding hydrogens is 651 g/mol. The Bertz CT molecular complexity index is 2590.